The third-order valence-electron chi connectivity index (χ3n) is 3.68. The van der Waals surface area contributed by atoms with E-state index in [-0.39, 0.29) is 0 Å². The fourth-order valence-electron chi connectivity index (χ4n) is 3.12. The second-order valence-corrected chi connectivity index (χ2v) is 4.87. The van der Waals surface area contributed by atoms with Gasteiger partial charge in [0, 0.05) is 0 Å². The molecule has 0 aromatic heterocycles. The summed E-state index contributed by atoms with van der Waals surface area (Å²) in [7, 11) is 0. The molecule has 11 heavy (non-hydrogen) atoms. The van der Waals surface area contributed by atoms with Gasteiger partial charge < -0.3 is 0 Å². The van der Waals surface area contributed by atoms with Crippen LogP contribution >= 0.6 is 0 Å². The summed E-state index contributed by atoms with van der Waals surface area (Å²) in [5, 5.41) is 0. The molecule has 1 aliphatic rings. The van der Waals surface area contributed by atoms with Crippen LogP contribution in [0.25, 0.3) is 0 Å². The number of rotatable bonds is 1. The summed E-state index contributed by atoms with van der Waals surface area (Å²) in [5.41, 5.74) is 0. The van der Waals surface area contributed by atoms with Crippen molar-refractivity contribution < 1.29 is 0 Å². The van der Waals surface area contributed by atoms with Crippen molar-refractivity contribution in [1.82, 2.24) is 0 Å². The van der Waals surface area contributed by atoms with Crippen LogP contribution in [-0.2, 0) is 0 Å². The summed E-state index contributed by atoms with van der Waals surface area (Å²) in [6, 6.07) is 0. The predicted octanol–water partition coefficient (Wildman–Crippen LogP) is 3.57. The highest BCUT2D eigenvalue weighted by atomic mass is 14.4. The van der Waals surface area contributed by atoms with E-state index in [1.807, 2.05) is 0 Å². The molecule has 1 rings (SSSR count). The van der Waals surface area contributed by atoms with Gasteiger partial charge >= 0.3 is 0 Å². The molecule has 0 spiro atoms. The Morgan fingerprint density at radius 2 is 1.55 bits per heavy atom. The molecule has 4 unspecified atom stereocenters. The Bertz CT molecular complexity index is 126. The van der Waals surface area contributed by atoms with Gasteiger partial charge in [0.2, 0.25) is 0 Å². The van der Waals surface area contributed by atoms with Crippen molar-refractivity contribution in [3.63, 3.8) is 0 Å². The first kappa shape index (κ1) is 9.09. The van der Waals surface area contributed by atoms with E-state index in [9.17, 15) is 0 Å². The van der Waals surface area contributed by atoms with Crippen molar-refractivity contribution in [2.75, 3.05) is 0 Å². The third kappa shape index (κ3) is 1.60. The molecule has 0 radical (unpaired) electrons. The number of hydrogen-bond acceptors (Lipinski definition) is 0. The van der Waals surface area contributed by atoms with Crippen LogP contribution in [0.2, 0.25) is 0 Å². The molecule has 0 N–H and O–H groups in total. The van der Waals surface area contributed by atoms with Crippen LogP contribution in [0.1, 0.15) is 41.0 Å². The lowest BCUT2D eigenvalue weighted by atomic mass is 9.81. The Hall–Kier alpha value is 0. The van der Waals surface area contributed by atoms with Crippen LogP contribution in [0, 0.1) is 29.6 Å². The van der Waals surface area contributed by atoms with Crippen molar-refractivity contribution in [2.45, 2.75) is 41.0 Å². The van der Waals surface area contributed by atoms with Gasteiger partial charge in [-0.1, -0.05) is 34.6 Å². The molecule has 1 saturated carbocycles. The van der Waals surface area contributed by atoms with Crippen LogP contribution in [0.4, 0.5) is 0 Å². The van der Waals surface area contributed by atoms with E-state index < -0.39 is 0 Å². The molecule has 66 valence electrons. The molecule has 1 aliphatic carbocycles. The molecule has 0 nitrogen and oxygen atoms in total. The van der Waals surface area contributed by atoms with E-state index in [4.69, 9.17) is 0 Å². The standard InChI is InChI=1S/C11H22/c1-7(2)11-9(4)6-8(3)10(11)5/h7-11H,6H2,1-5H3. The summed E-state index contributed by atoms with van der Waals surface area (Å²) in [4.78, 5) is 0. The monoisotopic (exact) mass is 154 g/mol. The van der Waals surface area contributed by atoms with E-state index in [2.05, 4.69) is 34.6 Å². The summed E-state index contributed by atoms with van der Waals surface area (Å²) in [5.74, 6) is 4.72. The maximum atomic E-state index is 2.43. The van der Waals surface area contributed by atoms with Gasteiger partial charge in [0.25, 0.3) is 0 Å². The van der Waals surface area contributed by atoms with Crippen molar-refractivity contribution in [1.29, 1.82) is 0 Å². The minimum Gasteiger partial charge on any atom is -0.0625 e. The lowest BCUT2D eigenvalue weighted by Crippen LogP contribution is -2.18. The van der Waals surface area contributed by atoms with E-state index in [1.165, 1.54) is 6.42 Å². The fraction of sp³-hybridized carbons (Fsp3) is 1.00. The molecule has 1 fully saturated rings. The van der Waals surface area contributed by atoms with Crippen molar-refractivity contribution in [3.8, 4) is 0 Å². The molecule has 0 bridgehead atoms. The van der Waals surface area contributed by atoms with Gasteiger partial charge in [0.1, 0.15) is 0 Å². The van der Waals surface area contributed by atoms with Crippen LogP contribution in [-0.4, -0.2) is 0 Å². The van der Waals surface area contributed by atoms with Gasteiger partial charge in [-0.15, -0.1) is 0 Å². The van der Waals surface area contributed by atoms with E-state index in [0.29, 0.717) is 0 Å². The highest BCUT2D eigenvalue weighted by Crippen LogP contribution is 2.44. The van der Waals surface area contributed by atoms with Crippen LogP contribution in [0.15, 0.2) is 0 Å². The zero-order valence-electron chi connectivity index (χ0n) is 8.59. The maximum Gasteiger partial charge on any atom is -0.0337 e. The molecule has 0 heteroatoms. The summed E-state index contributed by atoms with van der Waals surface area (Å²) < 4.78 is 0. The Labute approximate surface area is 71.4 Å². The second-order valence-electron chi connectivity index (χ2n) is 4.87. The lowest BCUT2D eigenvalue weighted by molar-refractivity contribution is 0.242. The van der Waals surface area contributed by atoms with Crippen LogP contribution < -0.4 is 0 Å². The van der Waals surface area contributed by atoms with Gasteiger partial charge in [-0.25, -0.2) is 0 Å². The van der Waals surface area contributed by atoms with Crippen molar-refractivity contribution in [3.05, 3.63) is 0 Å². The Balaban J connectivity index is 2.63. The minimum atomic E-state index is 0.880. The Morgan fingerprint density at radius 1 is 1.00 bits per heavy atom. The van der Waals surface area contributed by atoms with Gasteiger partial charge in [-0.05, 0) is 36.0 Å². The summed E-state index contributed by atoms with van der Waals surface area (Å²) in [6.45, 7) is 12.0. The summed E-state index contributed by atoms with van der Waals surface area (Å²) in [6.07, 6.45) is 1.45. The largest absolute Gasteiger partial charge is 0.0625 e. The van der Waals surface area contributed by atoms with Gasteiger partial charge in [-0.2, -0.15) is 0 Å². The Kier molecular flexibility index (Phi) is 2.61. The average molecular weight is 154 g/mol. The highest BCUT2D eigenvalue weighted by Gasteiger charge is 2.36. The molecule has 0 saturated heterocycles. The molecular weight excluding hydrogens is 132 g/mol. The smallest absolute Gasteiger partial charge is 0.0337 e. The first-order chi connectivity index (χ1) is 5.04. The maximum absolute atomic E-state index is 2.43. The first-order valence-corrected chi connectivity index (χ1v) is 5.04. The lowest BCUT2D eigenvalue weighted by Gasteiger charge is -2.24. The Morgan fingerprint density at radius 3 is 1.73 bits per heavy atom. The molecule has 0 heterocycles. The average Bonchev–Trinajstić information content (AvgIpc) is 2.07. The zero-order chi connectivity index (χ0) is 8.59. The molecular formula is C11H22. The van der Waals surface area contributed by atoms with E-state index in [0.717, 1.165) is 29.6 Å². The first-order valence-electron chi connectivity index (χ1n) is 5.04. The SMILES string of the molecule is CC(C)C1C(C)CC(C)C1C. The van der Waals surface area contributed by atoms with Gasteiger partial charge in [0.15, 0.2) is 0 Å². The predicted molar refractivity (Wildman–Crippen MR) is 50.4 cm³/mol. The van der Waals surface area contributed by atoms with Gasteiger partial charge in [0.05, 0.1) is 0 Å². The minimum absolute atomic E-state index is 0.880. The third-order valence-corrected chi connectivity index (χ3v) is 3.68. The van der Waals surface area contributed by atoms with Crippen molar-refractivity contribution >= 4 is 0 Å². The second kappa shape index (κ2) is 3.16. The topological polar surface area (TPSA) is 0 Å². The molecule has 0 aromatic carbocycles. The fourth-order valence-corrected chi connectivity index (χ4v) is 3.12. The zero-order valence-corrected chi connectivity index (χ0v) is 8.59. The normalized spacial score (nSPS) is 45.3. The van der Waals surface area contributed by atoms with Gasteiger partial charge in [-0.3, -0.25) is 0 Å². The van der Waals surface area contributed by atoms with Crippen LogP contribution in [0.3, 0.4) is 0 Å². The quantitative estimate of drug-likeness (QED) is 0.541. The molecule has 4 atom stereocenters. The van der Waals surface area contributed by atoms with Crippen LogP contribution in [0.5, 0.6) is 0 Å². The highest BCUT2D eigenvalue weighted by molar-refractivity contribution is 4.86. The van der Waals surface area contributed by atoms with E-state index >= 15 is 0 Å². The van der Waals surface area contributed by atoms with E-state index in [1.54, 1.807) is 0 Å². The molecule has 0 aromatic rings. The van der Waals surface area contributed by atoms with Crippen molar-refractivity contribution in [2.24, 2.45) is 29.6 Å². The molecule has 0 aliphatic heterocycles. The molecule has 0 amide bonds. The summed E-state index contributed by atoms with van der Waals surface area (Å²) >= 11 is 0. The number of hydrogen-bond donors (Lipinski definition) is 0.